The number of hydrogen-bond acceptors (Lipinski definition) is 12. The molecular weight excluding hydrogens is 1080 g/mol. The molecule has 0 saturated carbocycles. The molecule has 0 N–H and O–H groups in total. The first-order chi connectivity index (χ1) is 43.6. The number of pyridine rings is 4. The number of anilines is 12. The minimum Gasteiger partial charge on any atom is -0.306 e. The summed E-state index contributed by atoms with van der Waals surface area (Å²) in [6, 6.07) is 92.9. The molecule has 414 valence electrons. The van der Waals surface area contributed by atoms with Gasteiger partial charge in [-0.3, -0.25) is 19.9 Å². The Hall–Kier alpha value is -12.3. The second-order valence-electron chi connectivity index (χ2n) is 21.3. The van der Waals surface area contributed by atoms with Crippen molar-refractivity contribution in [2.75, 3.05) is 19.6 Å². The minimum atomic E-state index is 0.526. The third-order valence-electron chi connectivity index (χ3n) is 15.9. The number of para-hydroxylation sites is 10. The van der Waals surface area contributed by atoms with E-state index in [0.717, 1.165) is 113 Å². The number of aromatic nitrogens is 8. The van der Waals surface area contributed by atoms with Gasteiger partial charge in [0.05, 0.1) is 79.7 Å². The molecular formula is C76H50N12. The van der Waals surface area contributed by atoms with Crippen molar-refractivity contribution in [2.45, 2.75) is 0 Å². The van der Waals surface area contributed by atoms with E-state index < -0.39 is 0 Å². The number of hydrogen-bond donors (Lipinski definition) is 0. The van der Waals surface area contributed by atoms with E-state index in [1.165, 1.54) is 0 Å². The van der Waals surface area contributed by atoms with Crippen LogP contribution in [0.5, 0.6) is 0 Å². The molecule has 0 amide bonds. The molecule has 2 aliphatic rings. The third kappa shape index (κ3) is 9.39. The average molecular weight is 1130 g/mol. The van der Waals surface area contributed by atoms with Gasteiger partial charge < -0.3 is 19.6 Å². The lowest BCUT2D eigenvalue weighted by Gasteiger charge is -2.40. The molecule has 0 saturated heterocycles. The molecule has 0 unspecified atom stereocenters. The Bertz CT molecular complexity index is 4360. The largest absolute Gasteiger partial charge is 0.306 e. The maximum atomic E-state index is 5.43. The van der Waals surface area contributed by atoms with Crippen molar-refractivity contribution < 1.29 is 0 Å². The third-order valence-corrected chi connectivity index (χ3v) is 15.9. The van der Waals surface area contributed by atoms with Crippen LogP contribution < -0.4 is 19.6 Å². The van der Waals surface area contributed by atoms with E-state index in [1.54, 1.807) is 37.2 Å². The molecule has 6 aromatic heterocycles. The van der Waals surface area contributed by atoms with E-state index in [0.29, 0.717) is 34.4 Å². The standard InChI is InChI=1S/C76H50N12/c1-3-23-57(24-4-1)85-67-29-7-11-33-71(67)87(72-34-12-8-30-68(72)85)59-43-53(41-55(45-59)63-47-65(61-27-15-17-39-79-61)83-75(81-63)51-21-19-37-77-49-51)54-42-56(64-48-66(62-28-16-18-40-80-62)84-76(82-64)52-22-20-38-78-50-52)46-60(44-54)88-73-35-13-9-31-69(73)86(58-25-5-2-6-26-58)70-32-10-14-36-74(70)88/h1-50H. The smallest absolute Gasteiger partial charge is 0.162 e. The highest BCUT2D eigenvalue weighted by atomic mass is 15.3. The quantitative estimate of drug-likeness (QED) is 0.123. The molecule has 0 radical (unpaired) electrons. The second kappa shape index (κ2) is 22.0. The fourth-order valence-corrected chi connectivity index (χ4v) is 12.0. The zero-order chi connectivity index (χ0) is 58.3. The molecule has 0 fully saturated rings. The average Bonchev–Trinajstić information content (AvgIpc) is 0.981. The highest BCUT2D eigenvalue weighted by Gasteiger charge is 2.33. The molecule has 14 aromatic rings. The summed E-state index contributed by atoms with van der Waals surface area (Å²) >= 11 is 0. The van der Waals surface area contributed by atoms with Gasteiger partial charge in [-0.1, -0.05) is 97.1 Å². The van der Waals surface area contributed by atoms with Gasteiger partial charge >= 0.3 is 0 Å². The number of nitrogens with zero attached hydrogens (tertiary/aromatic N) is 12. The molecule has 8 aromatic carbocycles. The summed E-state index contributed by atoms with van der Waals surface area (Å²) in [6.07, 6.45) is 10.7. The van der Waals surface area contributed by atoms with Crippen LogP contribution in [0.2, 0.25) is 0 Å². The molecule has 0 bridgehead atoms. The van der Waals surface area contributed by atoms with Crippen LogP contribution in [0.3, 0.4) is 0 Å². The summed E-state index contributed by atoms with van der Waals surface area (Å²) in [4.78, 5) is 49.3. The van der Waals surface area contributed by atoms with E-state index in [1.807, 2.05) is 72.8 Å². The first kappa shape index (κ1) is 51.4. The zero-order valence-corrected chi connectivity index (χ0v) is 47.2. The SMILES string of the molecule is c1ccc(N2c3ccccc3N(c3cc(-c4cc(-c5cc(-c6ccccn6)nc(-c6cccnc6)n5)cc(N5c6ccccc6N(c6ccccc6)c6ccccc65)c4)cc(-c4cc(-c5ccccn5)nc(-c5cccnc5)n4)c3)c3ccccc32)cc1. The monoisotopic (exact) mass is 1130 g/mol. The van der Waals surface area contributed by atoms with Crippen LogP contribution in [-0.4, -0.2) is 39.9 Å². The maximum Gasteiger partial charge on any atom is 0.162 e. The summed E-state index contributed by atoms with van der Waals surface area (Å²) in [7, 11) is 0. The van der Waals surface area contributed by atoms with Crippen LogP contribution in [0, 0.1) is 0 Å². The van der Waals surface area contributed by atoms with Crippen LogP contribution in [0.4, 0.5) is 68.2 Å². The van der Waals surface area contributed by atoms with Gasteiger partial charge in [0.15, 0.2) is 11.6 Å². The number of benzene rings is 8. The van der Waals surface area contributed by atoms with Gasteiger partial charge in [0.1, 0.15) is 0 Å². The minimum absolute atomic E-state index is 0.526. The molecule has 12 heteroatoms. The fourth-order valence-electron chi connectivity index (χ4n) is 12.0. The fraction of sp³-hybridized carbons (Fsp3) is 0. The Kier molecular flexibility index (Phi) is 12.9. The maximum absolute atomic E-state index is 5.43. The van der Waals surface area contributed by atoms with E-state index in [2.05, 4.69) is 224 Å². The summed E-state index contributed by atoms with van der Waals surface area (Å²) in [5, 5.41) is 0. The number of fused-ring (bicyclic) bond motifs is 4. The molecule has 0 spiro atoms. The first-order valence-corrected chi connectivity index (χ1v) is 29.0. The van der Waals surface area contributed by atoms with Gasteiger partial charge in [0.2, 0.25) is 0 Å². The molecule has 88 heavy (non-hydrogen) atoms. The topological polar surface area (TPSA) is 116 Å². The van der Waals surface area contributed by atoms with Crippen molar-refractivity contribution >= 4 is 68.2 Å². The van der Waals surface area contributed by atoms with Gasteiger partial charge in [-0.05, 0) is 181 Å². The van der Waals surface area contributed by atoms with Crippen LogP contribution >= 0.6 is 0 Å². The van der Waals surface area contributed by atoms with E-state index in [-0.39, 0.29) is 0 Å². The van der Waals surface area contributed by atoms with Gasteiger partial charge in [-0.25, -0.2) is 19.9 Å². The Balaban J connectivity index is 0.982. The van der Waals surface area contributed by atoms with Crippen molar-refractivity contribution in [1.29, 1.82) is 0 Å². The van der Waals surface area contributed by atoms with Crippen LogP contribution in [0.15, 0.2) is 304 Å². The summed E-state index contributed by atoms with van der Waals surface area (Å²) in [6.45, 7) is 0. The summed E-state index contributed by atoms with van der Waals surface area (Å²) < 4.78 is 0. The molecule has 16 rings (SSSR count). The molecule has 12 nitrogen and oxygen atoms in total. The first-order valence-electron chi connectivity index (χ1n) is 29.0. The van der Waals surface area contributed by atoms with E-state index in [9.17, 15) is 0 Å². The Labute approximate surface area is 508 Å². The van der Waals surface area contributed by atoms with Gasteiger partial charge in [0, 0.05) is 82.2 Å². The van der Waals surface area contributed by atoms with Crippen LogP contribution in [-0.2, 0) is 0 Å². The van der Waals surface area contributed by atoms with Gasteiger partial charge in [0.25, 0.3) is 0 Å². The Morgan fingerprint density at radius 3 is 0.852 bits per heavy atom. The zero-order valence-electron chi connectivity index (χ0n) is 47.2. The Morgan fingerprint density at radius 2 is 0.523 bits per heavy atom. The van der Waals surface area contributed by atoms with Crippen molar-refractivity contribution in [1.82, 2.24) is 39.9 Å². The van der Waals surface area contributed by atoms with Crippen LogP contribution in [0.25, 0.3) is 79.2 Å². The van der Waals surface area contributed by atoms with Gasteiger partial charge in [-0.2, -0.15) is 0 Å². The number of rotatable bonds is 11. The lowest BCUT2D eigenvalue weighted by molar-refractivity contribution is 1.15. The van der Waals surface area contributed by atoms with Gasteiger partial charge in [-0.15, -0.1) is 0 Å². The second-order valence-corrected chi connectivity index (χ2v) is 21.3. The predicted molar refractivity (Wildman–Crippen MR) is 353 cm³/mol. The predicted octanol–water partition coefficient (Wildman–Crippen LogP) is 19.0. The van der Waals surface area contributed by atoms with Crippen molar-refractivity contribution in [3.63, 3.8) is 0 Å². The van der Waals surface area contributed by atoms with Crippen molar-refractivity contribution in [3.8, 4) is 79.2 Å². The van der Waals surface area contributed by atoms with Crippen molar-refractivity contribution in [3.05, 3.63) is 304 Å². The molecule has 2 aliphatic heterocycles. The lowest BCUT2D eigenvalue weighted by atomic mass is 9.94. The van der Waals surface area contributed by atoms with Crippen molar-refractivity contribution in [2.24, 2.45) is 0 Å². The molecule has 0 atom stereocenters. The lowest BCUT2D eigenvalue weighted by Crippen LogP contribution is -2.24. The Morgan fingerprint density at radius 1 is 0.205 bits per heavy atom. The van der Waals surface area contributed by atoms with E-state index in [4.69, 9.17) is 29.9 Å². The normalized spacial score (nSPS) is 12.2. The summed E-state index contributed by atoms with van der Waals surface area (Å²) in [5.74, 6) is 1.05. The molecule has 0 aliphatic carbocycles. The highest BCUT2D eigenvalue weighted by Crippen LogP contribution is 2.57. The summed E-state index contributed by atoms with van der Waals surface area (Å²) in [5.41, 5.74) is 21.4. The van der Waals surface area contributed by atoms with Crippen LogP contribution in [0.1, 0.15) is 0 Å². The highest BCUT2D eigenvalue weighted by molar-refractivity contribution is 6.04. The van der Waals surface area contributed by atoms with E-state index >= 15 is 0 Å². The molecule has 8 heterocycles.